The highest BCUT2D eigenvalue weighted by Crippen LogP contribution is 2.42. The van der Waals surface area contributed by atoms with Crippen LogP contribution in [0.15, 0.2) is 24.5 Å². The number of halogens is 3. The van der Waals surface area contributed by atoms with Crippen LogP contribution >= 0.6 is 0 Å². The number of nitrogens with zero attached hydrogens (tertiary/aromatic N) is 2. The van der Waals surface area contributed by atoms with Crippen LogP contribution in [0.5, 0.6) is 0 Å². The van der Waals surface area contributed by atoms with Crippen LogP contribution in [0, 0.1) is 29.3 Å². The van der Waals surface area contributed by atoms with Gasteiger partial charge < -0.3 is 10.3 Å². The molecule has 2 N–H and O–H groups in total. The standard InChI is InChI=1S/C20H19F3N4/c21-12-6-13-14(9-25-19(13)24-8-12)18-15(22)7-16(23)20(27-18)26-17-5-10-1-3-11(17)4-2-10/h6-11,17H,1-5H2,(H,24,25)(H,26,27). The summed E-state index contributed by atoms with van der Waals surface area (Å²) in [5.41, 5.74) is 0.775. The summed E-state index contributed by atoms with van der Waals surface area (Å²) >= 11 is 0. The molecule has 3 aromatic heterocycles. The maximum Gasteiger partial charge on any atom is 0.168 e. The first kappa shape index (κ1) is 16.6. The van der Waals surface area contributed by atoms with Crippen molar-refractivity contribution in [1.29, 1.82) is 0 Å². The average Bonchev–Trinajstić information content (AvgIpc) is 3.08. The van der Waals surface area contributed by atoms with E-state index in [1.165, 1.54) is 25.1 Å². The molecule has 6 rings (SSSR count). The highest BCUT2D eigenvalue weighted by Gasteiger charge is 2.36. The van der Waals surface area contributed by atoms with Crippen molar-refractivity contribution in [2.24, 2.45) is 11.8 Å². The third-order valence-corrected chi connectivity index (χ3v) is 6.05. The Hall–Kier alpha value is -2.57. The molecule has 1 unspecified atom stereocenters. The lowest BCUT2D eigenvalue weighted by Gasteiger charge is -2.42. The van der Waals surface area contributed by atoms with Crippen LogP contribution in [0.2, 0.25) is 0 Å². The summed E-state index contributed by atoms with van der Waals surface area (Å²) < 4.78 is 42.5. The average molecular weight is 372 g/mol. The van der Waals surface area contributed by atoms with Gasteiger partial charge in [0.25, 0.3) is 0 Å². The maximum atomic E-state index is 14.5. The molecule has 3 saturated carbocycles. The number of fused-ring (bicyclic) bond motifs is 4. The minimum absolute atomic E-state index is 0.0153. The molecule has 3 heterocycles. The molecule has 2 bridgehead atoms. The Morgan fingerprint density at radius 3 is 2.59 bits per heavy atom. The summed E-state index contributed by atoms with van der Waals surface area (Å²) in [6.45, 7) is 0. The van der Waals surface area contributed by atoms with E-state index in [0.29, 0.717) is 28.4 Å². The Bertz CT molecular complexity index is 1010. The van der Waals surface area contributed by atoms with E-state index in [-0.39, 0.29) is 17.6 Å². The number of H-pyrrole nitrogens is 1. The topological polar surface area (TPSA) is 53.6 Å². The van der Waals surface area contributed by atoms with E-state index in [2.05, 4.69) is 20.3 Å². The molecular formula is C20H19F3N4. The van der Waals surface area contributed by atoms with Gasteiger partial charge in [0.1, 0.15) is 17.2 Å². The fourth-order valence-electron chi connectivity index (χ4n) is 4.66. The number of anilines is 1. The molecule has 140 valence electrons. The van der Waals surface area contributed by atoms with E-state index in [9.17, 15) is 13.2 Å². The Balaban J connectivity index is 1.53. The first-order chi connectivity index (χ1) is 13.1. The normalized spacial score (nSPS) is 24.5. The summed E-state index contributed by atoms with van der Waals surface area (Å²) in [5.74, 6) is -0.769. The summed E-state index contributed by atoms with van der Waals surface area (Å²) in [5, 5.41) is 3.63. The van der Waals surface area contributed by atoms with Gasteiger partial charge in [-0.15, -0.1) is 0 Å². The van der Waals surface area contributed by atoms with Crippen molar-refractivity contribution in [1.82, 2.24) is 15.0 Å². The Morgan fingerprint density at radius 2 is 1.85 bits per heavy atom. The van der Waals surface area contributed by atoms with Crippen molar-refractivity contribution in [2.75, 3.05) is 5.32 Å². The molecule has 3 fully saturated rings. The smallest absolute Gasteiger partial charge is 0.168 e. The zero-order valence-corrected chi connectivity index (χ0v) is 14.6. The van der Waals surface area contributed by atoms with Crippen LogP contribution in [0.1, 0.15) is 32.1 Å². The van der Waals surface area contributed by atoms with Crippen LogP contribution in [0.4, 0.5) is 19.0 Å². The van der Waals surface area contributed by atoms with E-state index in [1.54, 1.807) is 0 Å². The predicted octanol–water partition coefficient (Wildman–Crippen LogP) is 5.03. The van der Waals surface area contributed by atoms with Gasteiger partial charge in [-0.1, -0.05) is 12.8 Å². The third-order valence-electron chi connectivity index (χ3n) is 6.05. The summed E-state index contributed by atoms with van der Waals surface area (Å²) in [7, 11) is 0. The summed E-state index contributed by atoms with van der Waals surface area (Å²) in [6, 6.07) is 2.28. The monoisotopic (exact) mass is 372 g/mol. The largest absolute Gasteiger partial charge is 0.365 e. The highest BCUT2D eigenvalue weighted by molar-refractivity contribution is 5.92. The molecule has 0 radical (unpaired) electrons. The van der Waals surface area contributed by atoms with Crippen molar-refractivity contribution in [2.45, 2.75) is 38.1 Å². The van der Waals surface area contributed by atoms with Gasteiger partial charge in [0.15, 0.2) is 17.5 Å². The second-order valence-electron chi connectivity index (χ2n) is 7.67. The number of pyridine rings is 2. The van der Waals surface area contributed by atoms with E-state index in [0.717, 1.165) is 31.5 Å². The maximum absolute atomic E-state index is 14.5. The zero-order chi connectivity index (χ0) is 18.5. The lowest BCUT2D eigenvalue weighted by molar-refractivity contribution is 0.157. The van der Waals surface area contributed by atoms with E-state index in [4.69, 9.17) is 0 Å². The molecule has 0 aliphatic heterocycles. The molecule has 3 aromatic rings. The van der Waals surface area contributed by atoms with Crippen LogP contribution in [-0.4, -0.2) is 21.0 Å². The Labute approximate surface area is 154 Å². The van der Waals surface area contributed by atoms with Gasteiger partial charge >= 0.3 is 0 Å². The molecule has 4 nitrogen and oxygen atoms in total. The van der Waals surface area contributed by atoms with Crippen molar-refractivity contribution in [3.05, 3.63) is 42.0 Å². The summed E-state index contributed by atoms with van der Waals surface area (Å²) in [6.07, 6.45) is 8.37. The lowest BCUT2D eigenvalue weighted by Crippen LogP contribution is -2.40. The molecule has 3 aliphatic rings. The molecule has 27 heavy (non-hydrogen) atoms. The van der Waals surface area contributed by atoms with Gasteiger partial charge in [-0.25, -0.2) is 23.1 Å². The van der Waals surface area contributed by atoms with Gasteiger partial charge in [0, 0.05) is 29.3 Å². The second kappa shape index (κ2) is 6.25. The molecule has 0 saturated heterocycles. The van der Waals surface area contributed by atoms with Gasteiger partial charge in [-0.2, -0.15) is 0 Å². The van der Waals surface area contributed by atoms with Gasteiger partial charge in [0.05, 0.1) is 6.20 Å². The van der Waals surface area contributed by atoms with Crippen molar-refractivity contribution in [3.63, 3.8) is 0 Å². The third kappa shape index (κ3) is 2.85. The summed E-state index contributed by atoms with van der Waals surface area (Å²) in [4.78, 5) is 11.1. The van der Waals surface area contributed by atoms with Crippen molar-refractivity contribution in [3.8, 4) is 11.3 Å². The molecule has 1 atom stereocenters. The minimum atomic E-state index is -0.784. The number of hydrogen-bond acceptors (Lipinski definition) is 3. The number of rotatable bonds is 3. The van der Waals surface area contributed by atoms with E-state index < -0.39 is 17.5 Å². The lowest BCUT2D eigenvalue weighted by atomic mass is 9.68. The van der Waals surface area contributed by atoms with Crippen molar-refractivity contribution >= 4 is 16.9 Å². The first-order valence-corrected chi connectivity index (χ1v) is 9.34. The zero-order valence-electron chi connectivity index (χ0n) is 14.6. The van der Waals surface area contributed by atoms with Crippen LogP contribution in [0.25, 0.3) is 22.3 Å². The number of hydrogen-bond donors (Lipinski definition) is 2. The van der Waals surface area contributed by atoms with E-state index >= 15 is 0 Å². The SMILES string of the molecule is Fc1cnc2[nH]cc(-c3nc(NC4CC5CCC4CC5)c(F)cc3F)c2c1. The Morgan fingerprint density at radius 1 is 1.04 bits per heavy atom. The molecule has 3 aliphatic carbocycles. The molecule has 0 amide bonds. The number of nitrogens with one attached hydrogen (secondary N) is 2. The van der Waals surface area contributed by atoms with Crippen LogP contribution in [-0.2, 0) is 0 Å². The van der Waals surface area contributed by atoms with Gasteiger partial charge in [-0.05, 0) is 37.2 Å². The first-order valence-electron chi connectivity index (χ1n) is 9.34. The minimum Gasteiger partial charge on any atom is -0.365 e. The predicted molar refractivity (Wildman–Crippen MR) is 96.7 cm³/mol. The fraction of sp³-hybridized carbons (Fsp3) is 0.400. The van der Waals surface area contributed by atoms with E-state index in [1.807, 2.05) is 0 Å². The Kier molecular flexibility index (Phi) is 3.84. The second-order valence-corrected chi connectivity index (χ2v) is 7.67. The highest BCUT2D eigenvalue weighted by atomic mass is 19.1. The number of aromatic nitrogens is 3. The number of aromatic amines is 1. The molecule has 7 heteroatoms. The van der Waals surface area contributed by atoms with Gasteiger partial charge in [0.2, 0.25) is 0 Å². The fourth-order valence-corrected chi connectivity index (χ4v) is 4.66. The molecule has 0 spiro atoms. The van der Waals surface area contributed by atoms with Crippen molar-refractivity contribution < 1.29 is 13.2 Å². The van der Waals surface area contributed by atoms with Crippen LogP contribution < -0.4 is 5.32 Å². The quantitative estimate of drug-likeness (QED) is 0.678. The molecule has 0 aromatic carbocycles. The van der Waals surface area contributed by atoms with Gasteiger partial charge in [-0.3, -0.25) is 0 Å². The van der Waals surface area contributed by atoms with Crippen LogP contribution in [0.3, 0.4) is 0 Å². The molecular weight excluding hydrogens is 353 g/mol.